The van der Waals surface area contributed by atoms with Crippen molar-refractivity contribution in [3.05, 3.63) is 252 Å². The summed E-state index contributed by atoms with van der Waals surface area (Å²) in [6, 6.07) is 67.4. The lowest BCUT2D eigenvalue weighted by molar-refractivity contribution is 1.03. The summed E-state index contributed by atoms with van der Waals surface area (Å²) in [6.07, 6.45) is 13.6. The average molecular weight is 723 g/mol. The molecular weight excluding hydrogens is 677 g/mol. The van der Waals surface area contributed by atoms with Gasteiger partial charge in [0, 0.05) is 46.3 Å². The first-order valence-electron chi connectivity index (χ1n) is 19.5. The molecule has 0 N–H and O–H groups in total. The van der Waals surface area contributed by atoms with Gasteiger partial charge in [-0.1, -0.05) is 158 Å². The molecule has 7 aromatic rings. The fourth-order valence-corrected chi connectivity index (χ4v) is 7.34. The Labute approximate surface area is 332 Å². The molecule has 0 bridgehead atoms. The van der Waals surface area contributed by atoms with Gasteiger partial charge in [0.15, 0.2) is 0 Å². The molecule has 0 aromatic heterocycles. The summed E-state index contributed by atoms with van der Waals surface area (Å²) in [4.78, 5) is 4.64. The number of anilines is 4. The number of nitrogens with zero attached hydrogens (tertiary/aromatic N) is 2. The van der Waals surface area contributed by atoms with Crippen LogP contribution in [-0.4, -0.2) is 0 Å². The van der Waals surface area contributed by atoms with Gasteiger partial charge in [-0.15, -0.1) is 0 Å². The molecule has 0 aliphatic heterocycles. The minimum absolute atomic E-state index is 1.05. The van der Waals surface area contributed by atoms with Crippen LogP contribution in [0.4, 0.5) is 22.7 Å². The maximum Gasteiger partial charge on any atom is 0.0458 e. The Hall–Kier alpha value is -6.90. The normalized spacial score (nSPS) is 12.5. The molecule has 0 saturated carbocycles. The summed E-state index contributed by atoms with van der Waals surface area (Å²) in [5.74, 6) is 0. The topological polar surface area (TPSA) is 6.48 Å². The summed E-state index contributed by atoms with van der Waals surface area (Å²) < 4.78 is 0. The van der Waals surface area contributed by atoms with Gasteiger partial charge in [-0.3, -0.25) is 0 Å². The summed E-state index contributed by atoms with van der Waals surface area (Å²) in [6.45, 7) is 4.30. The van der Waals surface area contributed by atoms with Crippen LogP contribution in [0.15, 0.2) is 224 Å². The minimum Gasteiger partial charge on any atom is -0.317 e. The standard InChI is InChI=1S/C54H46N2/c1-41-17-15-27-51(37-41)55(39-53(45-19-7-3-8-20-45)46-21-9-4-10-22-46)49-33-29-43(30-34-49)44-31-35-50(36-32-44)56(52-28-16-18-42(2)38-52)40-54(47-23-11-5-12-24-47)48-25-13-6-14-26-48/h3-5,7-13,15-40H,6,14H2,1-2H3/b54-40+. The third-order valence-electron chi connectivity index (χ3n) is 10.3. The lowest BCUT2D eigenvalue weighted by atomic mass is 9.94. The number of allylic oxidation sites excluding steroid dienone is 5. The molecule has 0 radical (unpaired) electrons. The van der Waals surface area contributed by atoms with E-state index >= 15 is 0 Å². The van der Waals surface area contributed by atoms with Crippen molar-refractivity contribution in [2.75, 3.05) is 9.80 Å². The third kappa shape index (κ3) is 8.41. The van der Waals surface area contributed by atoms with Crippen LogP contribution in [-0.2, 0) is 0 Å². The fourth-order valence-electron chi connectivity index (χ4n) is 7.34. The number of aryl methyl sites for hydroxylation is 2. The van der Waals surface area contributed by atoms with E-state index in [1.807, 2.05) is 0 Å². The monoisotopic (exact) mass is 722 g/mol. The Morgan fingerprint density at radius 2 is 0.839 bits per heavy atom. The van der Waals surface area contributed by atoms with E-state index < -0.39 is 0 Å². The zero-order valence-corrected chi connectivity index (χ0v) is 32.1. The molecule has 0 fully saturated rings. The van der Waals surface area contributed by atoms with Gasteiger partial charge in [0.2, 0.25) is 0 Å². The van der Waals surface area contributed by atoms with Crippen LogP contribution in [0.3, 0.4) is 0 Å². The highest BCUT2D eigenvalue weighted by Gasteiger charge is 2.16. The second-order valence-corrected chi connectivity index (χ2v) is 14.3. The Balaban J connectivity index is 1.16. The van der Waals surface area contributed by atoms with Crippen LogP contribution in [0.2, 0.25) is 0 Å². The van der Waals surface area contributed by atoms with Crippen molar-refractivity contribution < 1.29 is 0 Å². The Morgan fingerprint density at radius 1 is 0.411 bits per heavy atom. The van der Waals surface area contributed by atoms with Crippen molar-refractivity contribution in [1.29, 1.82) is 0 Å². The van der Waals surface area contributed by atoms with E-state index in [9.17, 15) is 0 Å². The summed E-state index contributed by atoms with van der Waals surface area (Å²) in [7, 11) is 0. The van der Waals surface area contributed by atoms with Crippen LogP contribution in [0, 0.1) is 13.8 Å². The van der Waals surface area contributed by atoms with Gasteiger partial charge in [-0.2, -0.15) is 0 Å². The highest BCUT2D eigenvalue weighted by atomic mass is 15.1. The highest BCUT2D eigenvalue weighted by Crippen LogP contribution is 2.36. The van der Waals surface area contributed by atoms with Gasteiger partial charge in [0.1, 0.15) is 0 Å². The molecule has 0 heterocycles. The van der Waals surface area contributed by atoms with Gasteiger partial charge in [-0.05, 0) is 120 Å². The number of benzene rings is 7. The third-order valence-corrected chi connectivity index (χ3v) is 10.3. The zero-order valence-electron chi connectivity index (χ0n) is 32.1. The van der Waals surface area contributed by atoms with Crippen LogP contribution >= 0.6 is 0 Å². The first kappa shape index (κ1) is 36.1. The number of hydrogen-bond acceptors (Lipinski definition) is 2. The van der Waals surface area contributed by atoms with Gasteiger partial charge < -0.3 is 9.80 Å². The molecular formula is C54H46N2. The molecule has 272 valence electrons. The van der Waals surface area contributed by atoms with Gasteiger partial charge >= 0.3 is 0 Å². The first-order valence-corrected chi connectivity index (χ1v) is 19.5. The van der Waals surface area contributed by atoms with Crippen molar-refractivity contribution in [2.24, 2.45) is 0 Å². The molecule has 1 aliphatic rings. The van der Waals surface area contributed by atoms with Crippen LogP contribution in [0.5, 0.6) is 0 Å². The SMILES string of the molecule is Cc1cccc(N(C=C(c2ccccc2)c2ccccc2)c2ccc(-c3ccc(N(/C=C(/C4=CCCC=C4)c4ccccc4)c4cccc(C)c4)cc3)cc2)c1. The molecule has 2 heteroatoms. The Bertz CT molecular complexity index is 2470. The molecule has 56 heavy (non-hydrogen) atoms. The zero-order chi connectivity index (χ0) is 38.1. The maximum absolute atomic E-state index is 2.36. The molecule has 0 atom stereocenters. The minimum atomic E-state index is 1.05. The van der Waals surface area contributed by atoms with Crippen molar-refractivity contribution in [3.63, 3.8) is 0 Å². The molecule has 0 unspecified atom stereocenters. The van der Waals surface area contributed by atoms with E-state index in [-0.39, 0.29) is 0 Å². The quantitative estimate of drug-likeness (QED) is 0.131. The molecule has 1 aliphatic carbocycles. The lowest BCUT2D eigenvalue weighted by Gasteiger charge is -2.25. The molecule has 0 amide bonds. The fraction of sp³-hybridized carbons (Fsp3) is 0.0741. The first-order chi connectivity index (χ1) is 27.6. The van der Waals surface area contributed by atoms with Crippen LogP contribution in [0.1, 0.15) is 40.7 Å². The van der Waals surface area contributed by atoms with Crippen LogP contribution < -0.4 is 9.80 Å². The van der Waals surface area contributed by atoms with E-state index in [1.165, 1.54) is 50.1 Å². The Kier molecular flexibility index (Phi) is 11.0. The molecule has 2 nitrogen and oxygen atoms in total. The smallest absolute Gasteiger partial charge is 0.0458 e. The predicted octanol–water partition coefficient (Wildman–Crippen LogP) is 14.7. The van der Waals surface area contributed by atoms with E-state index in [1.54, 1.807) is 0 Å². The molecule has 0 spiro atoms. The van der Waals surface area contributed by atoms with E-state index in [2.05, 4.69) is 242 Å². The maximum atomic E-state index is 2.36. The van der Waals surface area contributed by atoms with Crippen molar-refractivity contribution in [1.82, 2.24) is 0 Å². The largest absolute Gasteiger partial charge is 0.317 e. The van der Waals surface area contributed by atoms with Gasteiger partial charge in [0.25, 0.3) is 0 Å². The summed E-state index contributed by atoms with van der Waals surface area (Å²) in [5, 5.41) is 0. The van der Waals surface area contributed by atoms with Gasteiger partial charge in [-0.25, -0.2) is 0 Å². The second-order valence-electron chi connectivity index (χ2n) is 14.3. The van der Waals surface area contributed by atoms with Crippen molar-refractivity contribution in [3.8, 4) is 11.1 Å². The van der Waals surface area contributed by atoms with E-state index in [4.69, 9.17) is 0 Å². The lowest BCUT2D eigenvalue weighted by Crippen LogP contribution is -2.11. The van der Waals surface area contributed by atoms with Crippen molar-refractivity contribution in [2.45, 2.75) is 26.7 Å². The highest BCUT2D eigenvalue weighted by molar-refractivity contribution is 5.87. The number of rotatable bonds is 11. The molecule has 0 saturated heterocycles. The predicted molar refractivity (Wildman–Crippen MR) is 239 cm³/mol. The van der Waals surface area contributed by atoms with E-state index in [0.717, 1.165) is 41.2 Å². The van der Waals surface area contributed by atoms with Crippen molar-refractivity contribution >= 4 is 33.9 Å². The summed E-state index contributed by atoms with van der Waals surface area (Å²) >= 11 is 0. The van der Waals surface area contributed by atoms with Gasteiger partial charge in [0.05, 0.1) is 0 Å². The average Bonchev–Trinajstić information content (AvgIpc) is 3.26. The molecule has 7 aromatic carbocycles. The van der Waals surface area contributed by atoms with E-state index in [0.29, 0.717) is 0 Å². The second kappa shape index (κ2) is 17.1. The number of hydrogen-bond donors (Lipinski definition) is 0. The Morgan fingerprint density at radius 3 is 1.25 bits per heavy atom. The summed E-state index contributed by atoms with van der Waals surface area (Å²) in [5.41, 5.74) is 16.4. The van der Waals surface area contributed by atoms with Crippen LogP contribution in [0.25, 0.3) is 22.3 Å². The molecule has 8 rings (SSSR count).